The van der Waals surface area contributed by atoms with Gasteiger partial charge in [-0.15, -0.1) is 11.3 Å². The fraction of sp³-hybridized carbons (Fsp3) is 0.294. The average Bonchev–Trinajstić information content (AvgIpc) is 3.16. The van der Waals surface area contributed by atoms with E-state index in [-0.39, 0.29) is 30.2 Å². The van der Waals surface area contributed by atoms with Crippen molar-refractivity contribution in [3.63, 3.8) is 0 Å². The van der Waals surface area contributed by atoms with Gasteiger partial charge in [-0.3, -0.25) is 9.59 Å². The van der Waals surface area contributed by atoms with Crippen LogP contribution in [0.15, 0.2) is 46.3 Å². The summed E-state index contributed by atoms with van der Waals surface area (Å²) in [6.45, 7) is 2.39. The van der Waals surface area contributed by atoms with Crippen LogP contribution in [0.5, 0.6) is 0 Å². The predicted molar refractivity (Wildman–Crippen MR) is 95.5 cm³/mol. The number of benzene rings is 1. The zero-order valence-corrected chi connectivity index (χ0v) is 15.1. The van der Waals surface area contributed by atoms with E-state index in [0.29, 0.717) is 6.54 Å². The molecule has 4 nitrogen and oxygen atoms in total. The molecule has 0 aliphatic carbocycles. The Labute approximate surface area is 147 Å². The van der Waals surface area contributed by atoms with E-state index in [1.54, 1.807) is 16.2 Å². The quantitative estimate of drug-likeness (QED) is 0.861. The Morgan fingerprint density at radius 1 is 1.39 bits per heavy atom. The highest BCUT2D eigenvalue weighted by molar-refractivity contribution is 9.10. The SMILES string of the molecule is C[C@H](NC(=O)[C@@H]1CC(=O)N(c2cccc(Br)c2)C1)c1cccs1. The Kier molecular flexibility index (Phi) is 4.82. The zero-order chi connectivity index (χ0) is 16.4. The van der Waals surface area contributed by atoms with Crippen LogP contribution in [0.4, 0.5) is 5.69 Å². The number of halogens is 1. The van der Waals surface area contributed by atoms with Gasteiger partial charge in [0.1, 0.15) is 0 Å². The molecular weight excluding hydrogens is 376 g/mol. The monoisotopic (exact) mass is 392 g/mol. The molecule has 1 N–H and O–H groups in total. The summed E-state index contributed by atoms with van der Waals surface area (Å²) in [5.74, 6) is -0.368. The van der Waals surface area contributed by atoms with Crippen molar-refractivity contribution in [3.8, 4) is 0 Å². The maximum absolute atomic E-state index is 12.4. The van der Waals surface area contributed by atoms with Crippen LogP contribution in [0.3, 0.4) is 0 Å². The standard InChI is InChI=1S/C17H17BrN2O2S/c1-11(15-6-3-7-23-15)19-17(22)12-8-16(21)20(10-12)14-5-2-4-13(18)9-14/h2-7,9,11-12H,8,10H2,1H3,(H,19,22)/t11-,12+/m0/s1. The third-order valence-corrected chi connectivity index (χ3v) is 5.49. The Bertz CT molecular complexity index is 717. The molecule has 1 aliphatic heterocycles. The Morgan fingerprint density at radius 2 is 2.22 bits per heavy atom. The molecule has 1 aromatic carbocycles. The second-order valence-corrected chi connectivity index (χ2v) is 7.53. The van der Waals surface area contributed by atoms with Crippen LogP contribution >= 0.6 is 27.3 Å². The van der Waals surface area contributed by atoms with Crippen molar-refractivity contribution in [1.29, 1.82) is 0 Å². The molecule has 2 amide bonds. The first-order valence-electron chi connectivity index (χ1n) is 7.44. The van der Waals surface area contributed by atoms with E-state index in [4.69, 9.17) is 0 Å². The highest BCUT2D eigenvalue weighted by Gasteiger charge is 2.35. The number of carbonyl (C=O) groups is 2. The minimum Gasteiger partial charge on any atom is -0.348 e. The fourth-order valence-electron chi connectivity index (χ4n) is 2.72. The summed E-state index contributed by atoms with van der Waals surface area (Å²) in [7, 11) is 0. The van der Waals surface area contributed by atoms with E-state index in [1.165, 1.54) is 0 Å². The Morgan fingerprint density at radius 3 is 2.91 bits per heavy atom. The molecule has 0 saturated carbocycles. The summed E-state index contributed by atoms with van der Waals surface area (Å²) >= 11 is 5.03. The number of hydrogen-bond donors (Lipinski definition) is 1. The highest BCUT2D eigenvalue weighted by Crippen LogP contribution is 2.28. The lowest BCUT2D eigenvalue weighted by molar-refractivity contribution is -0.126. The molecule has 2 heterocycles. The maximum atomic E-state index is 12.4. The molecule has 120 valence electrons. The molecule has 6 heteroatoms. The first-order chi connectivity index (χ1) is 11.0. The van der Waals surface area contributed by atoms with Crippen molar-refractivity contribution in [2.24, 2.45) is 5.92 Å². The minimum atomic E-state index is -0.302. The minimum absolute atomic E-state index is 0.00738. The van der Waals surface area contributed by atoms with E-state index in [2.05, 4.69) is 21.2 Å². The molecule has 3 rings (SSSR count). The number of amides is 2. The highest BCUT2D eigenvalue weighted by atomic mass is 79.9. The largest absolute Gasteiger partial charge is 0.348 e. The first-order valence-corrected chi connectivity index (χ1v) is 9.11. The van der Waals surface area contributed by atoms with Gasteiger partial charge in [0.15, 0.2) is 0 Å². The van der Waals surface area contributed by atoms with E-state index >= 15 is 0 Å². The fourth-order valence-corrected chi connectivity index (χ4v) is 3.84. The number of thiophene rings is 1. The average molecular weight is 393 g/mol. The number of rotatable bonds is 4. The smallest absolute Gasteiger partial charge is 0.227 e. The van der Waals surface area contributed by atoms with Crippen molar-refractivity contribution in [2.75, 3.05) is 11.4 Å². The van der Waals surface area contributed by atoms with Crippen molar-refractivity contribution < 1.29 is 9.59 Å². The van der Waals surface area contributed by atoms with Crippen LogP contribution in [0.25, 0.3) is 0 Å². The van der Waals surface area contributed by atoms with Gasteiger partial charge in [0.05, 0.1) is 12.0 Å². The van der Waals surface area contributed by atoms with E-state index in [1.807, 2.05) is 48.7 Å². The number of anilines is 1. The van der Waals surface area contributed by atoms with Crippen molar-refractivity contribution in [2.45, 2.75) is 19.4 Å². The lowest BCUT2D eigenvalue weighted by Crippen LogP contribution is -2.34. The third-order valence-electron chi connectivity index (χ3n) is 3.94. The summed E-state index contributed by atoms with van der Waals surface area (Å²) in [6.07, 6.45) is 0.259. The molecule has 2 aromatic rings. The predicted octanol–water partition coefficient (Wildman–Crippen LogP) is 3.74. The van der Waals surface area contributed by atoms with Crippen molar-refractivity contribution in [1.82, 2.24) is 5.32 Å². The van der Waals surface area contributed by atoms with E-state index < -0.39 is 0 Å². The summed E-state index contributed by atoms with van der Waals surface area (Å²) in [4.78, 5) is 27.5. The molecule has 23 heavy (non-hydrogen) atoms. The second kappa shape index (κ2) is 6.84. The van der Waals surface area contributed by atoms with Gasteiger partial charge in [-0.2, -0.15) is 0 Å². The van der Waals surface area contributed by atoms with E-state index in [9.17, 15) is 9.59 Å². The van der Waals surface area contributed by atoms with Gasteiger partial charge in [-0.1, -0.05) is 28.1 Å². The van der Waals surface area contributed by atoms with Crippen LogP contribution in [0, 0.1) is 5.92 Å². The van der Waals surface area contributed by atoms with Crippen LogP contribution in [0.1, 0.15) is 24.3 Å². The molecule has 1 aliphatic rings. The number of nitrogens with one attached hydrogen (secondary N) is 1. The van der Waals surface area contributed by atoms with Crippen LogP contribution < -0.4 is 10.2 Å². The number of carbonyl (C=O) groups excluding carboxylic acids is 2. The van der Waals surface area contributed by atoms with Gasteiger partial charge in [0.2, 0.25) is 11.8 Å². The van der Waals surface area contributed by atoms with Gasteiger partial charge < -0.3 is 10.2 Å². The molecule has 0 unspecified atom stereocenters. The Balaban J connectivity index is 1.66. The van der Waals surface area contributed by atoms with Crippen LogP contribution in [-0.4, -0.2) is 18.4 Å². The molecule has 0 radical (unpaired) electrons. The van der Waals surface area contributed by atoms with E-state index in [0.717, 1.165) is 15.0 Å². The Hall–Kier alpha value is -1.66. The van der Waals surface area contributed by atoms with Gasteiger partial charge in [0, 0.05) is 28.0 Å². The zero-order valence-electron chi connectivity index (χ0n) is 12.7. The summed E-state index contributed by atoms with van der Waals surface area (Å²) in [6, 6.07) is 11.5. The first kappa shape index (κ1) is 16.2. The molecule has 1 fully saturated rings. The van der Waals surface area contributed by atoms with Gasteiger partial charge in [-0.05, 0) is 36.6 Å². The van der Waals surface area contributed by atoms with Crippen molar-refractivity contribution >= 4 is 44.8 Å². The lowest BCUT2D eigenvalue weighted by atomic mass is 10.1. The molecular formula is C17H17BrN2O2S. The summed E-state index contributed by atoms with van der Waals surface area (Å²) in [5, 5.41) is 5.00. The number of nitrogens with zero attached hydrogens (tertiary/aromatic N) is 1. The van der Waals surface area contributed by atoms with Gasteiger partial charge in [-0.25, -0.2) is 0 Å². The second-order valence-electron chi connectivity index (χ2n) is 5.63. The topological polar surface area (TPSA) is 49.4 Å². The molecule has 2 atom stereocenters. The summed E-state index contributed by atoms with van der Waals surface area (Å²) < 4.78 is 0.919. The van der Waals surface area contributed by atoms with Crippen LogP contribution in [0.2, 0.25) is 0 Å². The molecule has 1 saturated heterocycles. The molecule has 1 aromatic heterocycles. The van der Waals surface area contributed by atoms with Crippen molar-refractivity contribution in [3.05, 3.63) is 51.1 Å². The normalized spacial score (nSPS) is 19.0. The lowest BCUT2D eigenvalue weighted by Gasteiger charge is -2.18. The number of hydrogen-bond acceptors (Lipinski definition) is 3. The van der Waals surface area contributed by atoms with Gasteiger partial charge >= 0.3 is 0 Å². The van der Waals surface area contributed by atoms with Gasteiger partial charge in [0.25, 0.3) is 0 Å². The summed E-state index contributed by atoms with van der Waals surface area (Å²) in [5.41, 5.74) is 0.825. The third kappa shape index (κ3) is 3.64. The maximum Gasteiger partial charge on any atom is 0.227 e. The van der Waals surface area contributed by atoms with Crippen LogP contribution in [-0.2, 0) is 9.59 Å². The molecule has 0 spiro atoms. The molecule has 0 bridgehead atoms.